The average Bonchev–Trinajstić information content (AvgIpc) is 2.39. The van der Waals surface area contributed by atoms with Crippen LogP contribution in [-0.4, -0.2) is 25.6 Å². The van der Waals surface area contributed by atoms with Crippen molar-refractivity contribution in [1.29, 1.82) is 0 Å². The third-order valence-corrected chi connectivity index (χ3v) is 4.72. The van der Waals surface area contributed by atoms with E-state index in [0.29, 0.717) is 0 Å². The molecule has 1 aliphatic heterocycles. The van der Waals surface area contributed by atoms with E-state index in [1.807, 2.05) is 12.1 Å². The van der Waals surface area contributed by atoms with Crippen LogP contribution < -0.4 is 4.74 Å². The minimum atomic E-state index is 0.168. The van der Waals surface area contributed by atoms with E-state index in [0.717, 1.165) is 54.2 Å². The van der Waals surface area contributed by atoms with Gasteiger partial charge in [0.05, 0.1) is 6.61 Å². The lowest BCUT2D eigenvalue weighted by Crippen LogP contribution is -2.37. The van der Waals surface area contributed by atoms with E-state index in [-0.39, 0.29) is 5.41 Å². The molecular formula is C14H19BrO2S. The molecule has 0 spiro atoms. The molecule has 0 N–H and O–H groups in total. The predicted molar refractivity (Wildman–Crippen MR) is 80.7 cm³/mol. The quantitative estimate of drug-likeness (QED) is 0.845. The smallest absolute Gasteiger partial charge is 0.122 e. The number of hydrogen-bond donors (Lipinski definition) is 1. The van der Waals surface area contributed by atoms with Crippen LogP contribution in [-0.2, 0) is 4.74 Å². The fourth-order valence-electron chi connectivity index (χ4n) is 2.16. The molecule has 1 heterocycles. The van der Waals surface area contributed by atoms with Crippen LogP contribution in [0.3, 0.4) is 0 Å². The molecule has 18 heavy (non-hydrogen) atoms. The van der Waals surface area contributed by atoms with Gasteiger partial charge in [0, 0.05) is 23.1 Å². The van der Waals surface area contributed by atoms with Gasteiger partial charge >= 0.3 is 0 Å². The lowest BCUT2D eigenvalue weighted by Gasteiger charge is -2.35. The summed E-state index contributed by atoms with van der Waals surface area (Å²) >= 11 is 7.96. The van der Waals surface area contributed by atoms with E-state index in [9.17, 15) is 0 Å². The first-order valence-corrected chi connectivity index (χ1v) is 7.65. The first-order chi connectivity index (χ1) is 8.65. The molecule has 1 fully saturated rings. The fourth-order valence-corrected chi connectivity index (χ4v) is 3.04. The van der Waals surface area contributed by atoms with E-state index in [2.05, 4.69) is 41.5 Å². The van der Waals surface area contributed by atoms with Crippen LogP contribution in [0.1, 0.15) is 18.4 Å². The molecule has 1 aromatic carbocycles. The summed E-state index contributed by atoms with van der Waals surface area (Å²) in [6, 6.07) is 6.11. The van der Waals surface area contributed by atoms with Gasteiger partial charge < -0.3 is 9.47 Å². The number of rotatable bonds is 4. The van der Waals surface area contributed by atoms with Crippen molar-refractivity contribution in [2.75, 3.05) is 25.6 Å². The highest BCUT2D eigenvalue weighted by Crippen LogP contribution is 2.33. The molecular weight excluding hydrogens is 312 g/mol. The number of hydrogen-bond acceptors (Lipinski definition) is 3. The Labute approximate surface area is 123 Å². The molecule has 0 saturated carbocycles. The molecule has 0 atom stereocenters. The van der Waals surface area contributed by atoms with E-state index >= 15 is 0 Å². The highest BCUT2D eigenvalue weighted by atomic mass is 79.9. The van der Waals surface area contributed by atoms with E-state index in [1.165, 1.54) is 0 Å². The predicted octanol–water partition coefficient (Wildman–Crippen LogP) is 3.86. The topological polar surface area (TPSA) is 18.5 Å². The van der Waals surface area contributed by atoms with E-state index in [1.54, 1.807) is 0 Å². The number of halogens is 1. The minimum Gasteiger partial charge on any atom is -0.493 e. The summed E-state index contributed by atoms with van der Waals surface area (Å²) in [6.07, 6.45) is 2.07. The molecule has 1 saturated heterocycles. The van der Waals surface area contributed by atoms with Crippen molar-refractivity contribution in [2.45, 2.75) is 19.8 Å². The van der Waals surface area contributed by atoms with Gasteiger partial charge in [-0.15, -0.1) is 0 Å². The summed E-state index contributed by atoms with van der Waals surface area (Å²) in [5, 5.41) is 0. The molecule has 0 aromatic heterocycles. The number of aryl methyl sites for hydroxylation is 1. The number of ether oxygens (including phenoxy) is 2. The first kappa shape index (κ1) is 14.2. The van der Waals surface area contributed by atoms with Crippen molar-refractivity contribution in [2.24, 2.45) is 5.41 Å². The molecule has 2 nitrogen and oxygen atoms in total. The van der Waals surface area contributed by atoms with Crippen LogP contribution in [0.4, 0.5) is 0 Å². The summed E-state index contributed by atoms with van der Waals surface area (Å²) < 4.78 is 12.5. The largest absolute Gasteiger partial charge is 0.493 e. The van der Waals surface area contributed by atoms with Crippen molar-refractivity contribution in [3.63, 3.8) is 0 Å². The van der Waals surface area contributed by atoms with Crippen molar-refractivity contribution < 1.29 is 9.47 Å². The van der Waals surface area contributed by atoms with Crippen molar-refractivity contribution in [3.05, 3.63) is 28.2 Å². The maximum atomic E-state index is 6.00. The van der Waals surface area contributed by atoms with Crippen LogP contribution in [0.25, 0.3) is 0 Å². The molecule has 1 aliphatic rings. The Kier molecular flexibility index (Phi) is 4.98. The molecule has 4 heteroatoms. The highest BCUT2D eigenvalue weighted by molar-refractivity contribution is 9.10. The Morgan fingerprint density at radius 1 is 1.39 bits per heavy atom. The van der Waals surface area contributed by atoms with Gasteiger partial charge in [0.25, 0.3) is 0 Å². The minimum absolute atomic E-state index is 0.168. The summed E-state index contributed by atoms with van der Waals surface area (Å²) in [4.78, 5) is 0. The maximum Gasteiger partial charge on any atom is 0.122 e. The van der Waals surface area contributed by atoms with Gasteiger partial charge in [-0.05, 0) is 49.3 Å². The van der Waals surface area contributed by atoms with E-state index < -0.39 is 0 Å². The summed E-state index contributed by atoms with van der Waals surface area (Å²) in [6.45, 7) is 4.44. The molecule has 1 aromatic rings. The standard InChI is InChI=1S/C14H19BrO2S/c1-11-8-12(15)2-3-13(11)17-9-14(10-18)4-6-16-7-5-14/h2-3,8,18H,4-7,9-10H2,1H3. The third-order valence-electron chi connectivity index (χ3n) is 3.56. The molecule has 2 rings (SSSR count). The van der Waals surface area contributed by atoms with Gasteiger partial charge in [0.2, 0.25) is 0 Å². The zero-order valence-electron chi connectivity index (χ0n) is 10.6. The van der Waals surface area contributed by atoms with Gasteiger partial charge in [0.1, 0.15) is 5.75 Å². The molecule has 0 aliphatic carbocycles. The van der Waals surface area contributed by atoms with Crippen LogP contribution in [0.15, 0.2) is 22.7 Å². The Hall–Kier alpha value is -0.190. The van der Waals surface area contributed by atoms with Crippen LogP contribution in [0.5, 0.6) is 5.75 Å². The number of benzene rings is 1. The van der Waals surface area contributed by atoms with Gasteiger partial charge in [-0.2, -0.15) is 12.6 Å². The van der Waals surface area contributed by atoms with Crippen LogP contribution in [0.2, 0.25) is 0 Å². The average molecular weight is 331 g/mol. The van der Waals surface area contributed by atoms with Crippen molar-refractivity contribution >= 4 is 28.6 Å². The lowest BCUT2D eigenvalue weighted by molar-refractivity contribution is 0.00299. The summed E-state index contributed by atoms with van der Waals surface area (Å²) in [5.74, 6) is 1.82. The zero-order chi connectivity index (χ0) is 13.0. The lowest BCUT2D eigenvalue weighted by atomic mass is 9.83. The van der Waals surface area contributed by atoms with Gasteiger partial charge in [-0.3, -0.25) is 0 Å². The van der Waals surface area contributed by atoms with Crippen molar-refractivity contribution in [3.8, 4) is 5.75 Å². The normalized spacial score (nSPS) is 18.6. The van der Waals surface area contributed by atoms with E-state index in [4.69, 9.17) is 9.47 Å². The molecule has 0 radical (unpaired) electrons. The Bertz CT molecular complexity index is 403. The monoisotopic (exact) mass is 330 g/mol. The van der Waals surface area contributed by atoms with Crippen LogP contribution in [0, 0.1) is 12.3 Å². The molecule has 100 valence electrons. The van der Waals surface area contributed by atoms with Gasteiger partial charge in [-0.1, -0.05) is 15.9 Å². The SMILES string of the molecule is Cc1cc(Br)ccc1OCC1(CS)CCOCC1. The fraction of sp³-hybridized carbons (Fsp3) is 0.571. The first-order valence-electron chi connectivity index (χ1n) is 6.23. The second kappa shape index (κ2) is 6.31. The number of thiol groups is 1. The Balaban J connectivity index is 2.01. The molecule has 0 amide bonds. The summed E-state index contributed by atoms with van der Waals surface area (Å²) in [7, 11) is 0. The van der Waals surface area contributed by atoms with Gasteiger partial charge in [-0.25, -0.2) is 0 Å². The second-order valence-electron chi connectivity index (χ2n) is 4.97. The van der Waals surface area contributed by atoms with Gasteiger partial charge in [0.15, 0.2) is 0 Å². The maximum absolute atomic E-state index is 6.00. The molecule has 0 bridgehead atoms. The summed E-state index contributed by atoms with van der Waals surface area (Å²) in [5.41, 5.74) is 1.33. The zero-order valence-corrected chi connectivity index (χ0v) is 13.1. The Morgan fingerprint density at radius 2 is 2.11 bits per heavy atom. The molecule has 0 unspecified atom stereocenters. The highest BCUT2D eigenvalue weighted by Gasteiger charge is 2.32. The third kappa shape index (κ3) is 3.43. The van der Waals surface area contributed by atoms with Crippen LogP contribution >= 0.6 is 28.6 Å². The Morgan fingerprint density at radius 3 is 2.72 bits per heavy atom. The van der Waals surface area contributed by atoms with Crippen molar-refractivity contribution in [1.82, 2.24) is 0 Å². The second-order valence-corrected chi connectivity index (χ2v) is 6.20.